The number of hydrogen-bond donors (Lipinski definition) is 2. The zero-order chi connectivity index (χ0) is 14.4. The average molecular weight is 275 g/mol. The Hall–Kier alpha value is -1.78. The molecule has 2 rings (SSSR count). The number of fused-ring (bicyclic) bond motifs is 1. The minimum atomic E-state index is 0.453. The van der Waals surface area contributed by atoms with E-state index >= 15 is 0 Å². The van der Waals surface area contributed by atoms with Gasteiger partial charge in [0.25, 0.3) is 0 Å². The normalized spacial score (nSPS) is 12.6. The van der Waals surface area contributed by atoms with E-state index in [1.807, 2.05) is 23.0 Å². The lowest BCUT2D eigenvalue weighted by molar-refractivity contribution is 0.620. The van der Waals surface area contributed by atoms with Gasteiger partial charge in [-0.1, -0.05) is 27.2 Å². The molecule has 2 aromatic rings. The van der Waals surface area contributed by atoms with Crippen molar-refractivity contribution in [3.63, 3.8) is 0 Å². The van der Waals surface area contributed by atoms with Gasteiger partial charge >= 0.3 is 0 Å². The third-order valence-electron chi connectivity index (χ3n) is 3.40. The fraction of sp³-hybridized carbons (Fsp3) is 0.600. The van der Waals surface area contributed by atoms with Gasteiger partial charge in [0.2, 0.25) is 0 Å². The van der Waals surface area contributed by atoms with E-state index in [0.717, 1.165) is 43.1 Å². The van der Waals surface area contributed by atoms with Gasteiger partial charge in [-0.2, -0.15) is 0 Å². The highest BCUT2D eigenvalue weighted by molar-refractivity contribution is 5.65. The Labute approximate surface area is 120 Å². The molecule has 0 spiro atoms. The SMILES string of the molecule is CCCNc1cn2ccnc2c(NC(CC)CCC)n1. The minimum Gasteiger partial charge on any atom is -0.369 e. The van der Waals surface area contributed by atoms with Gasteiger partial charge in [-0.15, -0.1) is 0 Å². The van der Waals surface area contributed by atoms with Crippen molar-refractivity contribution in [3.05, 3.63) is 18.6 Å². The number of hydrogen-bond acceptors (Lipinski definition) is 4. The molecular formula is C15H25N5. The van der Waals surface area contributed by atoms with E-state index in [1.165, 1.54) is 6.42 Å². The van der Waals surface area contributed by atoms with Gasteiger partial charge in [0, 0.05) is 25.0 Å². The summed E-state index contributed by atoms with van der Waals surface area (Å²) in [5, 5.41) is 6.88. The lowest BCUT2D eigenvalue weighted by atomic mass is 10.1. The molecule has 0 aliphatic carbocycles. The molecule has 0 bridgehead atoms. The molecule has 2 N–H and O–H groups in total. The first-order valence-electron chi connectivity index (χ1n) is 7.62. The van der Waals surface area contributed by atoms with Crippen molar-refractivity contribution in [2.45, 2.75) is 52.5 Å². The number of nitrogens with one attached hydrogen (secondary N) is 2. The topological polar surface area (TPSA) is 54.2 Å². The Morgan fingerprint density at radius 1 is 1.25 bits per heavy atom. The van der Waals surface area contributed by atoms with Crippen LogP contribution >= 0.6 is 0 Å². The molecular weight excluding hydrogens is 250 g/mol. The van der Waals surface area contributed by atoms with Crippen LogP contribution in [0.25, 0.3) is 5.65 Å². The molecule has 2 heterocycles. The van der Waals surface area contributed by atoms with Gasteiger partial charge < -0.3 is 15.0 Å². The van der Waals surface area contributed by atoms with Crippen molar-refractivity contribution < 1.29 is 0 Å². The summed E-state index contributed by atoms with van der Waals surface area (Å²) in [6.07, 6.45) is 10.3. The first-order chi connectivity index (χ1) is 9.78. The van der Waals surface area contributed by atoms with E-state index in [4.69, 9.17) is 0 Å². The zero-order valence-corrected chi connectivity index (χ0v) is 12.7. The maximum absolute atomic E-state index is 4.68. The van der Waals surface area contributed by atoms with Crippen LogP contribution in [0.1, 0.15) is 46.5 Å². The summed E-state index contributed by atoms with van der Waals surface area (Å²) in [5.41, 5.74) is 0.890. The lowest BCUT2D eigenvalue weighted by Gasteiger charge is -2.18. The Bertz CT molecular complexity index is 534. The van der Waals surface area contributed by atoms with E-state index in [2.05, 4.69) is 41.4 Å². The molecule has 5 nitrogen and oxygen atoms in total. The number of aromatic nitrogens is 3. The zero-order valence-electron chi connectivity index (χ0n) is 12.7. The summed E-state index contributed by atoms with van der Waals surface area (Å²) in [6.45, 7) is 7.49. The Morgan fingerprint density at radius 3 is 2.80 bits per heavy atom. The molecule has 1 unspecified atom stereocenters. The number of imidazole rings is 1. The molecule has 20 heavy (non-hydrogen) atoms. The van der Waals surface area contributed by atoms with Crippen molar-refractivity contribution >= 4 is 17.3 Å². The molecule has 2 aromatic heterocycles. The van der Waals surface area contributed by atoms with E-state index in [0.29, 0.717) is 6.04 Å². The fourth-order valence-electron chi connectivity index (χ4n) is 2.29. The van der Waals surface area contributed by atoms with Gasteiger partial charge in [-0.25, -0.2) is 9.97 Å². The molecule has 0 amide bonds. The molecule has 0 aromatic carbocycles. The highest BCUT2D eigenvalue weighted by Gasteiger charge is 2.11. The Kier molecular flexibility index (Phi) is 5.21. The number of rotatable bonds is 8. The first kappa shape index (κ1) is 14.6. The molecule has 110 valence electrons. The maximum atomic E-state index is 4.68. The van der Waals surface area contributed by atoms with Crippen molar-refractivity contribution in [1.82, 2.24) is 14.4 Å². The highest BCUT2D eigenvalue weighted by Crippen LogP contribution is 2.19. The van der Waals surface area contributed by atoms with Crippen LogP contribution in [0.2, 0.25) is 0 Å². The molecule has 0 fully saturated rings. The first-order valence-corrected chi connectivity index (χ1v) is 7.62. The molecule has 0 aliphatic rings. The van der Waals surface area contributed by atoms with Crippen LogP contribution in [0.3, 0.4) is 0 Å². The van der Waals surface area contributed by atoms with E-state index in [9.17, 15) is 0 Å². The van der Waals surface area contributed by atoms with Gasteiger partial charge in [0.1, 0.15) is 5.82 Å². The summed E-state index contributed by atoms with van der Waals surface area (Å²) >= 11 is 0. The molecule has 0 radical (unpaired) electrons. The number of anilines is 2. The third kappa shape index (κ3) is 3.40. The fourth-order valence-corrected chi connectivity index (χ4v) is 2.29. The summed E-state index contributed by atoms with van der Waals surface area (Å²) < 4.78 is 2.02. The van der Waals surface area contributed by atoms with Crippen LogP contribution in [0, 0.1) is 0 Å². The molecule has 0 aliphatic heterocycles. The lowest BCUT2D eigenvalue weighted by Crippen LogP contribution is -2.20. The molecule has 0 saturated heterocycles. The quantitative estimate of drug-likeness (QED) is 0.773. The van der Waals surface area contributed by atoms with Gasteiger partial charge in [0.05, 0.1) is 6.20 Å². The second-order valence-corrected chi connectivity index (χ2v) is 5.10. The third-order valence-corrected chi connectivity index (χ3v) is 3.40. The number of nitrogens with zero attached hydrogens (tertiary/aromatic N) is 3. The summed E-state index contributed by atoms with van der Waals surface area (Å²) in [5.74, 6) is 1.77. The van der Waals surface area contributed by atoms with Gasteiger partial charge in [-0.05, 0) is 19.3 Å². The maximum Gasteiger partial charge on any atom is 0.180 e. The van der Waals surface area contributed by atoms with Crippen LogP contribution < -0.4 is 10.6 Å². The largest absolute Gasteiger partial charge is 0.369 e. The van der Waals surface area contributed by atoms with Crippen molar-refractivity contribution in [2.24, 2.45) is 0 Å². The smallest absolute Gasteiger partial charge is 0.180 e. The predicted octanol–water partition coefficient (Wildman–Crippen LogP) is 3.54. The Morgan fingerprint density at radius 2 is 2.10 bits per heavy atom. The summed E-state index contributed by atoms with van der Waals surface area (Å²) in [7, 11) is 0. The van der Waals surface area contributed by atoms with Crippen LogP contribution in [-0.4, -0.2) is 27.0 Å². The van der Waals surface area contributed by atoms with E-state index in [1.54, 1.807) is 0 Å². The summed E-state index contributed by atoms with van der Waals surface area (Å²) in [4.78, 5) is 9.07. The van der Waals surface area contributed by atoms with Gasteiger partial charge in [-0.3, -0.25) is 0 Å². The summed E-state index contributed by atoms with van der Waals surface area (Å²) in [6, 6.07) is 0.453. The second kappa shape index (κ2) is 7.12. The van der Waals surface area contributed by atoms with Crippen molar-refractivity contribution in [3.8, 4) is 0 Å². The predicted molar refractivity (Wildman–Crippen MR) is 84.4 cm³/mol. The van der Waals surface area contributed by atoms with E-state index in [-0.39, 0.29) is 0 Å². The highest BCUT2D eigenvalue weighted by atomic mass is 15.1. The second-order valence-electron chi connectivity index (χ2n) is 5.10. The van der Waals surface area contributed by atoms with Crippen LogP contribution in [0.15, 0.2) is 18.6 Å². The van der Waals surface area contributed by atoms with Gasteiger partial charge in [0.15, 0.2) is 11.5 Å². The standard InChI is InChI=1S/C15H25N5/c1-4-7-12(6-3)18-14-15-17-9-10-20(15)11-13(19-14)16-8-5-2/h9-12,16H,4-8H2,1-3H3,(H,18,19). The molecule has 5 heteroatoms. The molecule has 1 atom stereocenters. The monoisotopic (exact) mass is 275 g/mol. The van der Waals surface area contributed by atoms with E-state index < -0.39 is 0 Å². The van der Waals surface area contributed by atoms with Crippen LogP contribution in [-0.2, 0) is 0 Å². The van der Waals surface area contributed by atoms with Crippen molar-refractivity contribution in [1.29, 1.82) is 0 Å². The minimum absolute atomic E-state index is 0.453. The molecule has 0 saturated carbocycles. The van der Waals surface area contributed by atoms with Crippen molar-refractivity contribution in [2.75, 3.05) is 17.2 Å². The van der Waals surface area contributed by atoms with Crippen LogP contribution in [0.5, 0.6) is 0 Å². The van der Waals surface area contributed by atoms with Crippen LogP contribution in [0.4, 0.5) is 11.6 Å². The average Bonchev–Trinajstić information content (AvgIpc) is 2.93. The Balaban J connectivity index is 2.26.